The topological polar surface area (TPSA) is 46.5 Å². The molecule has 1 aromatic heterocycles. The zero-order chi connectivity index (χ0) is 11.4. The molecule has 0 saturated carbocycles. The van der Waals surface area contributed by atoms with Crippen LogP contribution in [0.4, 0.5) is 0 Å². The lowest BCUT2D eigenvalue weighted by molar-refractivity contribution is -0.151. The molecule has 0 bridgehead atoms. The summed E-state index contributed by atoms with van der Waals surface area (Å²) < 4.78 is 4.70. The molecule has 1 rings (SSSR count). The van der Waals surface area contributed by atoms with Crippen LogP contribution in [0.15, 0.2) is 17.5 Å². The number of thiophene rings is 1. The quantitative estimate of drug-likeness (QED) is 0.804. The third kappa shape index (κ3) is 2.79. The molecule has 0 aliphatic rings. The van der Waals surface area contributed by atoms with Gasteiger partial charge >= 0.3 is 5.97 Å². The summed E-state index contributed by atoms with van der Waals surface area (Å²) in [7, 11) is 1.35. The molecule has 15 heavy (non-hydrogen) atoms. The number of ether oxygens (including phenoxy) is 1. The monoisotopic (exact) mass is 228 g/mol. The second-order valence-corrected chi connectivity index (χ2v) is 4.73. The first-order chi connectivity index (χ1) is 7.07. The summed E-state index contributed by atoms with van der Waals surface area (Å²) in [6.07, 6.45) is -0.766. The molecule has 0 amide bonds. The van der Waals surface area contributed by atoms with E-state index in [4.69, 9.17) is 4.74 Å². The molecule has 0 saturated heterocycles. The molecular formula is C11H16O3S. The van der Waals surface area contributed by atoms with E-state index >= 15 is 0 Å². The van der Waals surface area contributed by atoms with Crippen LogP contribution in [0.3, 0.4) is 0 Å². The molecule has 0 aliphatic carbocycles. The molecule has 0 aromatic carbocycles. The first-order valence-corrected chi connectivity index (χ1v) is 5.75. The number of hydrogen-bond acceptors (Lipinski definition) is 4. The summed E-state index contributed by atoms with van der Waals surface area (Å²) in [5, 5.41) is 11.9. The predicted molar refractivity (Wildman–Crippen MR) is 59.6 cm³/mol. The Labute approximate surface area is 93.7 Å². The molecule has 1 heterocycles. The zero-order valence-corrected chi connectivity index (χ0v) is 9.95. The van der Waals surface area contributed by atoms with Gasteiger partial charge in [0.2, 0.25) is 0 Å². The minimum absolute atomic E-state index is 0.0505. The average Bonchev–Trinajstić information content (AvgIpc) is 2.69. The molecule has 4 heteroatoms. The smallest absolute Gasteiger partial charge is 0.311 e. The van der Waals surface area contributed by atoms with E-state index in [1.807, 2.05) is 31.4 Å². The number of methoxy groups -OCH3 is 1. The number of rotatable bonds is 4. The SMILES string of the molecule is COC(=O)C(C(C)C)C(O)c1cccs1. The maximum absolute atomic E-state index is 11.5. The van der Waals surface area contributed by atoms with E-state index in [0.29, 0.717) is 0 Å². The van der Waals surface area contributed by atoms with Crippen molar-refractivity contribution < 1.29 is 14.6 Å². The van der Waals surface area contributed by atoms with Gasteiger partial charge in [-0.1, -0.05) is 19.9 Å². The molecule has 2 unspecified atom stereocenters. The fraction of sp³-hybridized carbons (Fsp3) is 0.545. The van der Waals surface area contributed by atoms with Crippen molar-refractivity contribution in [3.8, 4) is 0 Å². The van der Waals surface area contributed by atoms with Gasteiger partial charge < -0.3 is 9.84 Å². The highest BCUT2D eigenvalue weighted by Crippen LogP contribution is 2.31. The third-order valence-corrected chi connectivity index (χ3v) is 3.31. The van der Waals surface area contributed by atoms with Gasteiger partial charge in [-0.3, -0.25) is 4.79 Å². The highest BCUT2D eigenvalue weighted by Gasteiger charge is 2.32. The molecule has 1 N–H and O–H groups in total. The number of carbonyl (C=O) groups excluding carboxylic acids is 1. The number of hydrogen-bond donors (Lipinski definition) is 1. The number of aliphatic hydroxyl groups is 1. The van der Waals surface area contributed by atoms with Gasteiger partial charge in [-0.2, -0.15) is 0 Å². The van der Waals surface area contributed by atoms with Crippen LogP contribution >= 0.6 is 11.3 Å². The molecule has 1 aromatic rings. The largest absolute Gasteiger partial charge is 0.469 e. The van der Waals surface area contributed by atoms with Gasteiger partial charge in [0.05, 0.1) is 13.0 Å². The van der Waals surface area contributed by atoms with E-state index in [9.17, 15) is 9.90 Å². The summed E-state index contributed by atoms with van der Waals surface area (Å²) in [5.74, 6) is -0.797. The summed E-state index contributed by atoms with van der Waals surface area (Å²) in [6.45, 7) is 3.80. The Bertz CT molecular complexity index is 306. The lowest BCUT2D eigenvalue weighted by atomic mass is 9.89. The van der Waals surface area contributed by atoms with Crippen LogP contribution < -0.4 is 0 Å². The fourth-order valence-electron chi connectivity index (χ4n) is 1.54. The third-order valence-electron chi connectivity index (χ3n) is 2.37. The van der Waals surface area contributed by atoms with Crippen molar-refractivity contribution in [2.45, 2.75) is 20.0 Å². The van der Waals surface area contributed by atoms with E-state index in [2.05, 4.69) is 0 Å². The lowest BCUT2D eigenvalue weighted by Crippen LogP contribution is -2.27. The summed E-state index contributed by atoms with van der Waals surface area (Å²) in [6, 6.07) is 3.69. The highest BCUT2D eigenvalue weighted by molar-refractivity contribution is 7.10. The van der Waals surface area contributed by atoms with Crippen LogP contribution in [-0.2, 0) is 9.53 Å². The number of esters is 1. The second-order valence-electron chi connectivity index (χ2n) is 3.75. The Morgan fingerprint density at radius 1 is 1.53 bits per heavy atom. The molecule has 0 aliphatic heterocycles. The number of aliphatic hydroxyl groups excluding tert-OH is 1. The minimum Gasteiger partial charge on any atom is -0.469 e. The van der Waals surface area contributed by atoms with Crippen molar-refractivity contribution >= 4 is 17.3 Å². The number of carbonyl (C=O) groups is 1. The second kappa shape index (κ2) is 5.28. The van der Waals surface area contributed by atoms with E-state index in [1.54, 1.807) is 0 Å². The molecule has 2 atom stereocenters. The van der Waals surface area contributed by atoms with Gasteiger partial charge in [-0.05, 0) is 17.4 Å². The van der Waals surface area contributed by atoms with E-state index in [1.165, 1.54) is 18.4 Å². The van der Waals surface area contributed by atoms with Crippen LogP contribution in [0.1, 0.15) is 24.8 Å². The Hall–Kier alpha value is -0.870. The maximum Gasteiger partial charge on any atom is 0.311 e. The van der Waals surface area contributed by atoms with Crippen molar-refractivity contribution in [3.63, 3.8) is 0 Å². The zero-order valence-electron chi connectivity index (χ0n) is 9.14. The van der Waals surface area contributed by atoms with Crippen molar-refractivity contribution in [1.82, 2.24) is 0 Å². The standard InChI is InChI=1S/C11H16O3S/c1-7(2)9(11(13)14-3)10(12)8-5-4-6-15-8/h4-7,9-10,12H,1-3H3. The van der Waals surface area contributed by atoms with E-state index < -0.39 is 12.0 Å². The average molecular weight is 228 g/mol. The minimum atomic E-state index is -0.766. The van der Waals surface area contributed by atoms with Crippen LogP contribution in [-0.4, -0.2) is 18.2 Å². The molecule has 0 spiro atoms. The molecule has 0 fully saturated rings. The summed E-state index contributed by atoms with van der Waals surface area (Å²) in [5.41, 5.74) is 0. The Balaban J connectivity index is 2.85. The molecular weight excluding hydrogens is 212 g/mol. The normalized spacial score (nSPS) is 15.0. The Morgan fingerprint density at radius 2 is 2.20 bits per heavy atom. The van der Waals surface area contributed by atoms with Gasteiger partial charge in [0.1, 0.15) is 6.10 Å². The van der Waals surface area contributed by atoms with Crippen LogP contribution in [0.2, 0.25) is 0 Å². The van der Waals surface area contributed by atoms with Crippen LogP contribution in [0.5, 0.6) is 0 Å². The highest BCUT2D eigenvalue weighted by atomic mass is 32.1. The first-order valence-electron chi connectivity index (χ1n) is 4.87. The summed E-state index contributed by atoms with van der Waals surface area (Å²) in [4.78, 5) is 12.3. The van der Waals surface area contributed by atoms with Gasteiger partial charge in [-0.25, -0.2) is 0 Å². The first kappa shape index (κ1) is 12.2. The van der Waals surface area contributed by atoms with Crippen LogP contribution in [0.25, 0.3) is 0 Å². The predicted octanol–water partition coefficient (Wildman–Crippen LogP) is 2.23. The van der Waals surface area contributed by atoms with Gasteiger partial charge in [0, 0.05) is 4.88 Å². The Morgan fingerprint density at radius 3 is 2.60 bits per heavy atom. The Kier molecular flexibility index (Phi) is 4.29. The van der Waals surface area contributed by atoms with Crippen molar-refractivity contribution in [2.75, 3.05) is 7.11 Å². The van der Waals surface area contributed by atoms with E-state index in [-0.39, 0.29) is 11.9 Å². The molecule has 0 radical (unpaired) electrons. The van der Waals surface area contributed by atoms with Crippen molar-refractivity contribution in [1.29, 1.82) is 0 Å². The lowest BCUT2D eigenvalue weighted by Gasteiger charge is -2.22. The van der Waals surface area contributed by atoms with E-state index in [0.717, 1.165) is 4.88 Å². The van der Waals surface area contributed by atoms with Gasteiger partial charge in [-0.15, -0.1) is 11.3 Å². The molecule has 3 nitrogen and oxygen atoms in total. The maximum atomic E-state index is 11.5. The molecule has 84 valence electrons. The fourth-order valence-corrected chi connectivity index (χ4v) is 2.30. The van der Waals surface area contributed by atoms with Gasteiger partial charge in [0.25, 0.3) is 0 Å². The van der Waals surface area contributed by atoms with Gasteiger partial charge in [0.15, 0.2) is 0 Å². The van der Waals surface area contributed by atoms with Crippen molar-refractivity contribution in [3.05, 3.63) is 22.4 Å². The van der Waals surface area contributed by atoms with Crippen molar-refractivity contribution in [2.24, 2.45) is 11.8 Å². The summed E-state index contributed by atoms with van der Waals surface area (Å²) >= 11 is 1.45. The van der Waals surface area contributed by atoms with Crippen LogP contribution in [0, 0.1) is 11.8 Å².